The molecule has 0 unspecified atom stereocenters. The third-order valence-electron chi connectivity index (χ3n) is 5.24. The molecule has 0 atom stereocenters. The van der Waals surface area contributed by atoms with Crippen molar-refractivity contribution in [1.29, 1.82) is 0 Å². The Labute approximate surface area is 194 Å². The van der Waals surface area contributed by atoms with Crippen molar-refractivity contribution in [2.45, 2.75) is 27.4 Å². The first-order valence-corrected chi connectivity index (χ1v) is 12.0. The molecule has 0 radical (unpaired) electrons. The number of imidazole rings is 1. The standard InChI is InChI=1S/C22H21F2N5O4S/c1-12-19(14(3)29(27-12)34(4,31)32)26-22(30)20-13(2)25-21-18(9-6-10-28(20)21)33-11-15-16(23)7-5-8-17(15)24/h5-10H,11H2,1-4H3,(H,26,30). The van der Waals surface area contributed by atoms with E-state index < -0.39 is 27.6 Å². The summed E-state index contributed by atoms with van der Waals surface area (Å²) in [5.41, 5.74) is 1.48. The Morgan fingerprint density at radius 1 is 1.09 bits per heavy atom. The van der Waals surface area contributed by atoms with Crippen LogP contribution in [0.1, 0.15) is 33.1 Å². The maximum absolute atomic E-state index is 14.0. The quantitative estimate of drug-likeness (QED) is 0.445. The lowest BCUT2D eigenvalue weighted by Crippen LogP contribution is -2.17. The van der Waals surface area contributed by atoms with Crippen LogP contribution in [-0.4, -0.2) is 39.2 Å². The molecular weight excluding hydrogens is 468 g/mol. The second kappa shape index (κ2) is 8.52. The predicted molar refractivity (Wildman–Crippen MR) is 121 cm³/mol. The number of rotatable bonds is 6. The molecule has 12 heteroatoms. The number of carbonyl (C=O) groups excluding carboxylic acids is 1. The number of benzene rings is 1. The Hall–Kier alpha value is -3.80. The Bertz CT molecular complexity index is 1520. The van der Waals surface area contributed by atoms with Crippen molar-refractivity contribution in [2.24, 2.45) is 0 Å². The van der Waals surface area contributed by atoms with E-state index in [0.717, 1.165) is 22.5 Å². The lowest BCUT2D eigenvalue weighted by atomic mass is 10.2. The Morgan fingerprint density at radius 3 is 2.38 bits per heavy atom. The van der Waals surface area contributed by atoms with Gasteiger partial charge in [-0.1, -0.05) is 6.07 Å². The van der Waals surface area contributed by atoms with E-state index >= 15 is 0 Å². The number of carbonyl (C=O) groups is 1. The van der Waals surface area contributed by atoms with Gasteiger partial charge in [0.1, 0.15) is 23.9 Å². The molecule has 1 N–H and O–H groups in total. The zero-order chi connectivity index (χ0) is 24.8. The highest BCUT2D eigenvalue weighted by Gasteiger charge is 2.24. The molecule has 1 amide bonds. The molecule has 9 nitrogen and oxygen atoms in total. The topological polar surface area (TPSA) is 108 Å². The molecule has 4 aromatic rings. The number of pyridine rings is 1. The summed E-state index contributed by atoms with van der Waals surface area (Å²) in [5.74, 6) is -1.77. The van der Waals surface area contributed by atoms with Gasteiger partial charge in [0, 0.05) is 6.20 Å². The van der Waals surface area contributed by atoms with Crippen molar-refractivity contribution < 1.29 is 26.7 Å². The molecule has 0 saturated heterocycles. The third kappa shape index (κ3) is 4.12. The van der Waals surface area contributed by atoms with E-state index in [1.165, 1.54) is 17.4 Å². The third-order valence-corrected chi connectivity index (χ3v) is 6.23. The van der Waals surface area contributed by atoms with Crippen LogP contribution in [0.3, 0.4) is 0 Å². The van der Waals surface area contributed by atoms with Gasteiger partial charge in [-0.2, -0.15) is 9.19 Å². The number of amides is 1. The van der Waals surface area contributed by atoms with Crippen LogP contribution >= 0.6 is 0 Å². The number of hydrogen-bond acceptors (Lipinski definition) is 6. The van der Waals surface area contributed by atoms with Crippen LogP contribution in [0.4, 0.5) is 14.5 Å². The maximum atomic E-state index is 14.0. The highest BCUT2D eigenvalue weighted by molar-refractivity contribution is 7.89. The maximum Gasteiger partial charge on any atom is 0.274 e. The van der Waals surface area contributed by atoms with Gasteiger partial charge in [0.25, 0.3) is 15.9 Å². The van der Waals surface area contributed by atoms with E-state index in [1.54, 1.807) is 32.2 Å². The van der Waals surface area contributed by atoms with Crippen molar-refractivity contribution in [3.8, 4) is 5.75 Å². The van der Waals surface area contributed by atoms with Crippen LogP contribution in [-0.2, 0) is 16.6 Å². The summed E-state index contributed by atoms with van der Waals surface area (Å²) in [6, 6.07) is 6.73. The van der Waals surface area contributed by atoms with Crippen molar-refractivity contribution in [3.63, 3.8) is 0 Å². The smallest absolute Gasteiger partial charge is 0.274 e. The molecule has 0 bridgehead atoms. The predicted octanol–water partition coefficient (Wildman–Crippen LogP) is 3.37. The number of hydrogen-bond donors (Lipinski definition) is 1. The molecule has 0 aliphatic rings. The number of aromatic nitrogens is 4. The van der Waals surface area contributed by atoms with Gasteiger partial charge in [0.2, 0.25) is 0 Å². The number of nitrogens with zero attached hydrogens (tertiary/aromatic N) is 4. The van der Waals surface area contributed by atoms with Gasteiger partial charge in [0.05, 0.1) is 34.6 Å². The van der Waals surface area contributed by atoms with Crippen molar-refractivity contribution >= 4 is 27.3 Å². The Kier molecular flexibility index (Phi) is 5.86. The van der Waals surface area contributed by atoms with Gasteiger partial charge in [-0.25, -0.2) is 22.2 Å². The first kappa shape index (κ1) is 23.4. The summed E-state index contributed by atoms with van der Waals surface area (Å²) in [5, 5.41) is 6.70. The van der Waals surface area contributed by atoms with Crippen LogP contribution in [0.5, 0.6) is 5.75 Å². The highest BCUT2D eigenvalue weighted by Crippen LogP contribution is 2.26. The number of anilines is 1. The Morgan fingerprint density at radius 2 is 1.76 bits per heavy atom. The average molecular weight is 490 g/mol. The fraction of sp³-hybridized carbons (Fsp3) is 0.227. The minimum Gasteiger partial charge on any atom is -0.485 e. The highest BCUT2D eigenvalue weighted by atomic mass is 32.2. The van der Waals surface area contributed by atoms with Crippen LogP contribution in [0, 0.1) is 32.4 Å². The molecule has 0 spiro atoms. The second-order valence-electron chi connectivity index (χ2n) is 7.71. The second-order valence-corrected chi connectivity index (χ2v) is 9.52. The van der Waals surface area contributed by atoms with Crippen LogP contribution < -0.4 is 10.1 Å². The first-order chi connectivity index (χ1) is 16.0. The molecular formula is C22H21F2N5O4S. The monoisotopic (exact) mass is 489 g/mol. The van der Waals surface area contributed by atoms with E-state index in [4.69, 9.17) is 4.74 Å². The summed E-state index contributed by atoms with van der Waals surface area (Å²) in [7, 11) is -3.64. The molecule has 0 aliphatic heterocycles. The van der Waals surface area contributed by atoms with Gasteiger partial charge in [-0.05, 0) is 45.0 Å². The first-order valence-electron chi connectivity index (χ1n) is 10.1. The van der Waals surface area contributed by atoms with E-state index in [2.05, 4.69) is 15.4 Å². The van der Waals surface area contributed by atoms with Crippen LogP contribution in [0.15, 0.2) is 36.5 Å². The minimum atomic E-state index is -3.64. The van der Waals surface area contributed by atoms with Crippen molar-refractivity contribution in [2.75, 3.05) is 11.6 Å². The molecule has 0 fully saturated rings. The summed E-state index contributed by atoms with van der Waals surface area (Å²) in [4.78, 5) is 17.6. The van der Waals surface area contributed by atoms with Gasteiger partial charge >= 0.3 is 0 Å². The van der Waals surface area contributed by atoms with Gasteiger partial charge in [0.15, 0.2) is 11.4 Å². The van der Waals surface area contributed by atoms with Crippen molar-refractivity contribution in [3.05, 3.63) is 76.5 Å². The number of nitrogens with one attached hydrogen (secondary N) is 1. The number of halogens is 2. The Balaban J connectivity index is 1.67. The summed E-state index contributed by atoms with van der Waals surface area (Å²) >= 11 is 0. The molecule has 0 saturated carbocycles. The van der Waals surface area contributed by atoms with E-state index in [1.807, 2.05) is 0 Å². The SMILES string of the molecule is Cc1nn(S(C)(=O)=O)c(C)c1NC(=O)c1c(C)nc2c(OCc3c(F)cccc3F)cccn12. The number of fused-ring (bicyclic) bond motifs is 1. The van der Waals surface area contributed by atoms with Crippen molar-refractivity contribution in [1.82, 2.24) is 18.6 Å². The average Bonchev–Trinajstić information content (AvgIpc) is 3.24. The number of ether oxygens (including phenoxy) is 1. The van der Waals surface area contributed by atoms with E-state index in [0.29, 0.717) is 11.4 Å². The summed E-state index contributed by atoms with van der Waals surface area (Å²) in [6.45, 7) is 4.38. The molecule has 4 rings (SSSR count). The fourth-order valence-corrected chi connectivity index (χ4v) is 4.52. The van der Waals surface area contributed by atoms with E-state index in [9.17, 15) is 22.0 Å². The van der Waals surface area contributed by atoms with Gasteiger partial charge < -0.3 is 10.1 Å². The normalized spacial score (nSPS) is 11.7. The lowest BCUT2D eigenvalue weighted by molar-refractivity contribution is 0.102. The van der Waals surface area contributed by atoms with E-state index in [-0.39, 0.29) is 40.6 Å². The molecule has 0 aliphatic carbocycles. The largest absolute Gasteiger partial charge is 0.485 e. The fourth-order valence-electron chi connectivity index (χ4n) is 3.66. The van der Waals surface area contributed by atoms with Gasteiger partial charge in [-0.15, -0.1) is 0 Å². The lowest BCUT2D eigenvalue weighted by Gasteiger charge is -2.10. The minimum absolute atomic E-state index is 0.184. The molecule has 34 heavy (non-hydrogen) atoms. The van der Waals surface area contributed by atoms with Crippen LogP contribution in [0.25, 0.3) is 5.65 Å². The molecule has 1 aromatic carbocycles. The molecule has 178 valence electrons. The zero-order valence-electron chi connectivity index (χ0n) is 18.8. The molecule has 3 aromatic heterocycles. The van der Waals surface area contributed by atoms with Gasteiger partial charge in [-0.3, -0.25) is 9.20 Å². The summed E-state index contributed by atoms with van der Waals surface area (Å²) in [6.07, 6.45) is 2.61. The van der Waals surface area contributed by atoms with Crippen LogP contribution in [0.2, 0.25) is 0 Å². The number of aryl methyl sites for hydroxylation is 2. The zero-order valence-corrected chi connectivity index (χ0v) is 19.6. The molecule has 3 heterocycles. The summed E-state index contributed by atoms with van der Waals surface area (Å²) < 4.78 is 59.7.